The number of carboxylic acids is 1. The molecular formula is C13H13N3O2S. The molecule has 1 unspecified atom stereocenters. The van der Waals surface area contributed by atoms with E-state index < -0.39 is 11.5 Å². The minimum absolute atomic E-state index is 0.198. The predicted octanol–water partition coefficient (Wildman–Crippen LogP) is 1.51. The third kappa shape index (κ3) is 3.10. The van der Waals surface area contributed by atoms with E-state index in [0.717, 1.165) is 0 Å². The minimum Gasteiger partial charge on any atom is -0.480 e. The lowest BCUT2D eigenvalue weighted by Gasteiger charge is -2.24. The fraction of sp³-hybridized carbons (Fsp3) is 0.154. The summed E-state index contributed by atoms with van der Waals surface area (Å²) < 4.78 is 0. The maximum Gasteiger partial charge on any atom is 0.329 e. The number of rotatable bonds is 5. The smallest absolute Gasteiger partial charge is 0.329 e. The molecule has 0 spiro atoms. The van der Waals surface area contributed by atoms with Crippen LogP contribution in [-0.2, 0) is 10.3 Å². The molecule has 0 bridgehead atoms. The van der Waals surface area contributed by atoms with Crippen LogP contribution >= 0.6 is 11.8 Å². The molecule has 3 N–H and O–H groups in total. The molecule has 0 fully saturated rings. The summed E-state index contributed by atoms with van der Waals surface area (Å²) in [5.41, 5.74) is 5.19. The van der Waals surface area contributed by atoms with Crippen molar-refractivity contribution in [1.29, 1.82) is 0 Å². The van der Waals surface area contributed by atoms with E-state index in [1.165, 1.54) is 18.1 Å². The Morgan fingerprint density at radius 3 is 2.63 bits per heavy atom. The fourth-order valence-corrected chi connectivity index (χ4v) is 2.50. The molecule has 2 rings (SSSR count). The van der Waals surface area contributed by atoms with E-state index in [-0.39, 0.29) is 5.75 Å². The molecule has 0 saturated heterocycles. The van der Waals surface area contributed by atoms with Crippen molar-refractivity contribution in [3.63, 3.8) is 0 Å². The Kier molecular flexibility index (Phi) is 4.13. The maximum absolute atomic E-state index is 11.5. The minimum atomic E-state index is -1.43. The zero-order valence-corrected chi connectivity index (χ0v) is 10.9. The number of hydrogen-bond acceptors (Lipinski definition) is 5. The van der Waals surface area contributed by atoms with Gasteiger partial charge < -0.3 is 10.8 Å². The highest BCUT2D eigenvalue weighted by Gasteiger charge is 2.36. The van der Waals surface area contributed by atoms with E-state index in [0.29, 0.717) is 10.6 Å². The molecule has 0 aliphatic heterocycles. The van der Waals surface area contributed by atoms with Crippen LogP contribution in [0.5, 0.6) is 0 Å². The Hall–Kier alpha value is -1.92. The van der Waals surface area contributed by atoms with Crippen molar-refractivity contribution in [1.82, 2.24) is 9.97 Å². The second kappa shape index (κ2) is 5.81. The van der Waals surface area contributed by atoms with Crippen LogP contribution in [0.2, 0.25) is 0 Å². The Bertz CT molecular complexity index is 550. The summed E-state index contributed by atoms with van der Waals surface area (Å²) >= 11 is 1.29. The molecule has 2 aromatic rings. The van der Waals surface area contributed by atoms with Gasteiger partial charge in [-0.3, -0.25) is 0 Å². The van der Waals surface area contributed by atoms with E-state index in [1.807, 2.05) is 6.07 Å². The third-order valence-corrected chi connectivity index (χ3v) is 3.81. The van der Waals surface area contributed by atoms with E-state index in [9.17, 15) is 9.90 Å². The molecule has 0 saturated carbocycles. The highest BCUT2D eigenvalue weighted by atomic mass is 32.2. The first kappa shape index (κ1) is 13.5. The SMILES string of the molecule is NC(CSc1ccncn1)(C(=O)O)c1ccccc1. The van der Waals surface area contributed by atoms with Crippen LogP contribution in [0.25, 0.3) is 0 Å². The molecular weight excluding hydrogens is 262 g/mol. The van der Waals surface area contributed by atoms with Crippen molar-refractivity contribution in [3.8, 4) is 0 Å². The molecule has 19 heavy (non-hydrogen) atoms. The van der Waals surface area contributed by atoms with Crippen molar-refractivity contribution < 1.29 is 9.90 Å². The van der Waals surface area contributed by atoms with Crippen molar-refractivity contribution >= 4 is 17.7 Å². The lowest BCUT2D eigenvalue weighted by molar-refractivity contribution is -0.142. The number of nitrogens with zero attached hydrogens (tertiary/aromatic N) is 2. The monoisotopic (exact) mass is 275 g/mol. The van der Waals surface area contributed by atoms with Crippen LogP contribution in [0, 0.1) is 0 Å². The zero-order valence-electron chi connectivity index (χ0n) is 10.1. The number of benzene rings is 1. The summed E-state index contributed by atoms with van der Waals surface area (Å²) in [7, 11) is 0. The van der Waals surface area contributed by atoms with Crippen molar-refractivity contribution in [2.24, 2.45) is 5.73 Å². The van der Waals surface area contributed by atoms with Crippen molar-refractivity contribution in [2.75, 3.05) is 5.75 Å². The number of hydrogen-bond donors (Lipinski definition) is 2. The standard InChI is InChI=1S/C13H13N3O2S/c14-13(12(17)18,10-4-2-1-3-5-10)8-19-11-6-7-15-9-16-11/h1-7,9H,8,14H2,(H,17,18). The highest BCUT2D eigenvalue weighted by Crippen LogP contribution is 2.26. The van der Waals surface area contributed by atoms with Gasteiger partial charge in [0.2, 0.25) is 0 Å². The first-order valence-corrected chi connectivity index (χ1v) is 6.58. The number of nitrogens with two attached hydrogens (primary N) is 1. The van der Waals surface area contributed by atoms with Crippen LogP contribution in [-0.4, -0.2) is 26.8 Å². The van der Waals surface area contributed by atoms with E-state index >= 15 is 0 Å². The van der Waals surface area contributed by atoms with Gasteiger partial charge in [0.25, 0.3) is 0 Å². The highest BCUT2D eigenvalue weighted by molar-refractivity contribution is 7.99. The number of thioether (sulfide) groups is 1. The molecule has 0 amide bonds. The zero-order chi connectivity index (χ0) is 13.7. The van der Waals surface area contributed by atoms with Gasteiger partial charge in [-0.15, -0.1) is 11.8 Å². The summed E-state index contributed by atoms with van der Waals surface area (Å²) in [6.07, 6.45) is 3.03. The number of carbonyl (C=O) groups is 1. The molecule has 0 aliphatic rings. The van der Waals surface area contributed by atoms with Gasteiger partial charge in [-0.05, 0) is 11.6 Å². The molecule has 5 nitrogen and oxygen atoms in total. The molecule has 1 atom stereocenters. The average Bonchev–Trinajstić information content (AvgIpc) is 2.46. The number of carboxylic acid groups (broad SMARTS) is 1. The molecule has 0 radical (unpaired) electrons. The Labute approximate surface area is 114 Å². The largest absolute Gasteiger partial charge is 0.480 e. The molecule has 1 aromatic carbocycles. The Morgan fingerprint density at radius 2 is 2.05 bits per heavy atom. The number of aliphatic carboxylic acids is 1. The lowest BCUT2D eigenvalue weighted by Crippen LogP contribution is -2.47. The van der Waals surface area contributed by atoms with E-state index in [1.54, 1.807) is 36.5 Å². The molecule has 0 aliphatic carbocycles. The van der Waals surface area contributed by atoms with E-state index in [2.05, 4.69) is 9.97 Å². The maximum atomic E-state index is 11.5. The quantitative estimate of drug-likeness (QED) is 0.635. The predicted molar refractivity (Wildman–Crippen MR) is 72.7 cm³/mol. The summed E-state index contributed by atoms with van der Waals surface area (Å²) in [5, 5.41) is 10.1. The van der Waals surface area contributed by atoms with Crippen LogP contribution in [0.15, 0.2) is 53.9 Å². The lowest BCUT2D eigenvalue weighted by atomic mass is 9.93. The van der Waals surface area contributed by atoms with Crippen LogP contribution in [0.1, 0.15) is 5.56 Å². The summed E-state index contributed by atoms with van der Waals surface area (Å²) in [5.74, 6) is -0.858. The van der Waals surface area contributed by atoms with Crippen LogP contribution in [0.4, 0.5) is 0 Å². The third-order valence-electron chi connectivity index (χ3n) is 2.67. The normalized spacial score (nSPS) is 13.7. The Morgan fingerprint density at radius 1 is 1.32 bits per heavy atom. The van der Waals surface area contributed by atoms with Gasteiger partial charge in [-0.1, -0.05) is 30.3 Å². The topological polar surface area (TPSA) is 89.1 Å². The molecule has 1 aromatic heterocycles. The van der Waals surface area contributed by atoms with Gasteiger partial charge in [-0.2, -0.15) is 0 Å². The van der Waals surface area contributed by atoms with Gasteiger partial charge in [0, 0.05) is 11.9 Å². The van der Waals surface area contributed by atoms with E-state index in [4.69, 9.17) is 5.73 Å². The first-order valence-electron chi connectivity index (χ1n) is 5.59. The summed E-state index contributed by atoms with van der Waals surface area (Å²) in [4.78, 5) is 19.3. The second-order valence-electron chi connectivity index (χ2n) is 3.98. The van der Waals surface area contributed by atoms with Gasteiger partial charge >= 0.3 is 5.97 Å². The number of aromatic nitrogens is 2. The van der Waals surface area contributed by atoms with Crippen molar-refractivity contribution in [2.45, 2.75) is 10.6 Å². The van der Waals surface area contributed by atoms with Crippen molar-refractivity contribution in [3.05, 3.63) is 54.5 Å². The van der Waals surface area contributed by atoms with Gasteiger partial charge in [0.05, 0.1) is 5.03 Å². The molecule has 6 heteroatoms. The molecule has 1 heterocycles. The van der Waals surface area contributed by atoms with Gasteiger partial charge in [0.15, 0.2) is 0 Å². The van der Waals surface area contributed by atoms with Gasteiger partial charge in [-0.25, -0.2) is 14.8 Å². The Balaban J connectivity index is 2.19. The summed E-state index contributed by atoms with van der Waals surface area (Å²) in [6, 6.07) is 10.5. The molecule has 98 valence electrons. The van der Waals surface area contributed by atoms with Crippen LogP contribution in [0.3, 0.4) is 0 Å². The average molecular weight is 275 g/mol. The summed E-state index contributed by atoms with van der Waals surface area (Å²) in [6.45, 7) is 0. The first-order chi connectivity index (χ1) is 9.13. The van der Waals surface area contributed by atoms with Crippen LogP contribution < -0.4 is 5.73 Å². The fourth-order valence-electron chi connectivity index (χ4n) is 1.56. The second-order valence-corrected chi connectivity index (χ2v) is 4.97. The van der Waals surface area contributed by atoms with Gasteiger partial charge in [0.1, 0.15) is 11.9 Å².